The first-order chi connectivity index (χ1) is 9.66. The molecule has 0 heterocycles. The van der Waals surface area contributed by atoms with Crippen molar-refractivity contribution in [1.82, 2.24) is 0 Å². The SMILES string of the molecule is CCCCO.CCCCO.CCCCO.CCCCO.Cl.[H-].[H-].[Mg+2].[Ti]. The van der Waals surface area contributed by atoms with Crippen molar-refractivity contribution >= 4 is 35.5 Å². The van der Waals surface area contributed by atoms with Gasteiger partial charge in [0.1, 0.15) is 0 Å². The number of rotatable bonds is 8. The summed E-state index contributed by atoms with van der Waals surface area (Å²) in [5, 5.41) is 32.3. The molecular formula is C16H43ClMgO4Ti. The monoisotopic (exact) mass is 406 g/mol. The number of unbranched alkanes of at least 4 members (excludes halogenated alkanes) is 4. The molecule has 4 nitrogen and oxygen atoms in total. The van der Waals surface area contributed by atoms with Crippen molar-refractivity contribution in [1.29, 1.82) is 0 Å². The predicted octanol–water partition coefficient (Wildman–Crippen LogP) is 3.38. The minimum atomic E-state index is 0. The smallest absolute Gasteiger partial charge is 1.00 e. The van der Waals surface area contributed by atoms with Crippen LogP contribution in [0.2, 0.25) is 0 Å². The molecule has 0 atom stereocenters. The molecule has 0 aliphatic heterocycles. The molecule has 0 radical (unpaired) electrons. The maximum Gasteiger partial charge on any atom is 2.00 e. The number of hydrogen-bond acceptors (Lipinski definition) is 4. The Bertz CT molecular complexity index is 96.1. The van der Waals surface area contributed by atoms with Crippen LogP contribution in [0.3, 0.4) is 0 Å². The Balaban J connectivity index is -0.0000000183. The summed E-state index contributed by atoms with van der Waals surface area (Å²) in [5.74, 6) is 0. The zero-order chi connectivity index (χ0) is 16.5. The van der Waals surface area contributed by atoms with E-state index in [4.69, 9.17) is 20.4 Å². The first kappa shape index (κ1) is 44.2. The van der Waals surface area contributed by atoms with Crippen molar-refractivity contribution in [2.45, 2.75) is 79.1 Å². The van der Waals surface area contributed by atoms with Gasteiger partial charge >= 0.3 is 23.1 Å². The van der Waals surface area contributed by atoms with E-state index in [-0.39, 0.29) is 60.0 Å². The third-order valence-electron chi connectivity index (χ3n) is 2.05. The molecular weight excluding hydrogens is 364 g/mol. The average Bonchev–Trinajstić information content (AvgIpc) is 2.44. The van der Waals surface area contributed by atoms with Gasteiger partial charge in [0, 0.05) is 48.1 Å². The molecule has 144 valence electrons. The van der Waals surface area contributed by atoms with Crippen molar-refractivity contribution in [2.75, 3.05) is 26.4 Å². The van der Waals surface area contributed by atoms with Crippen LogP contribution in [-0.4, -0.2) is 69.9 Å². The quantitative estimate of drug-likeness (QED) is 0.466. The zero-order valence-corrected chi connectivity index (χ0v) is 19.7. The van der Waals surface area contributed by atoms with Crippen molar-refractivity contribution < 1.29 is 45.0 Å². The number of aliphatic hydroxyl groups is 4. The molecule has 0 aliphatic rings. The van der Waals surface area contributed by atoms with Crippen molar-refractivity contribution in [2.24, 2.45) is 0 Å². The molecule has 23 heavy (non-hydrogen) atoms. The van der Waals surface area contributed by atoms with E-state index in [1.807, 2.05) is 0 Å². The molecule has 0 fully saturated rings. The minimum Gasteiger partial charge on any atom is -1.00 e. The van der Waals surface area contributed by atoms with E-state index in [0.29, 0.717) is 26.4 Å². The fraction of sp³-hybridized carbons (Fsp3) is 1.00. The summed E-state index contributed by atoms with van der Waals surface area (Å²) in [4.78, 5) is 0. The largest absolute Gasteiger partial charge is 2.00 e. The molecule has 0 amide bonds. The van der Waals surface area contributed by atoms with E-state index in [0.717, 1.165) is 51.4 Å². The average molecular weight is 407 g/mol. The second kappa shape index (κ2) is 65.2. The third kappa shape index (κ3) is 119. The molecule has 0 unspecified atom stereocenters. The first-order valence-electron chi connectivity index (χ1n) is 8.09. The Labute approximate surface area is 185 Å². The fourth-order valence-corrected chi connectivity index (χ4v) is 0.632. The summed E-state index contributed by atoms with van der Waals surface area (Å²) in [5.41, 5.74) is 0. The molecule has 0 aromatic heterocycles. The van der Waals surface area contributed by atoms with Crippen LogP contribution in [0, 0.1) is 0 Å². The van der Waals surface area contributed by atoms with Crippen molar-refractivity contribution in [3.05, 3.63) is 0 Å². The van der Waals surface area contributed by atoms with Crippen LogP contribution in [0.1, 0.15) is 81.9 Å². The van der Waals surface area contributed by atoms with Gasteiger partial charge in [0.05, 0.1) is 0 Å². The van der Waals surface area contributed by atoms with Gasteiger partial charge < -0.3 is 23.3 Å². The number of halogens is 1. The van der Waals surface area contributed by atoms with E-state index < -0.39 is 0 Å². The second-order valence-corrected chi connectivity index (χ2v) is 4.31. The van der Waals surface area contributed by atoms with Crippen LogP contribution in [0.4, 0.5) is 0 Å². The van der Waals surface area contributed by atoms with Crippen molar-refractivity contribution in [3.8, 4) is 0 Å². The molecule has 4 N–H and O–H groups in total. The Hall–Kier alpha value is 1.61. The van der Waals surface area contributed by atoms with Gasteiger partial charge in [0.25, 0.3) is 0 Å². The van der Waals surface area contributed by atoms with Crippen LogP contribution >= 0.6 is 12.4 Å². The van der Waals surface area contributed by atoms with E-state index in [9.17, 15) is 0 Å². The standard InChI is InChI=1S/4C4H10O.ClH.Mg.Ti.2H/c4*1-2-3-4-5;;;;;/h4*5H,2-4H2,1H3;1H;;;;/q;;;;;+2;;2*-1. The summed E-state index contributed by atoms with van der Waals surface area (Å²) in [6, 6.07) is 0. The second-order valence-electron chi connectivity index (χ2n) is 4.31. The number of hydrogen-bond donors (Lipinski definition) is 4. The Morgan fingerprint density at radius 2 is 0.652 bits per heavy atom. The predicted molar refractivity (Wildman–Crippen MR) is 103 cm³/mol. The van der Waals surface area contributed by atoms with E-state index in [1.54, 1.807) is 0 Å². The van der Waals surface area contributed by atoms with Gasteiger partial charge in [-0.05, 0) is 25.7 Å². The van der Waals surface area contributed by atoms with Gasteiger partial charge in [0.2, 0.25) is 0 Å². The van der Waals surface area contributed by atoms with Gasteiger partial charge in [-0.2, -0.15) is 0 Å². The van der Waals surface area contributed by atoms with Gasteiger partial charge in [-0.1, -0.05) is 53.4 Å². The van der Waals surface area contributed by atoms with E-state index in [1.165, 1.54) is 0 Å². The van der Waals surface area contributed by atoms with Gasteiger partial charge in [-0.25, -0.2) is 0 Å². The van der Waals surface area contributed by atoms with Crippen LogP contribution in [0.25, 0.3) is 0 Å². The molecule has 0 spiro atoms. The summed E-state index contributed by atoms with van der Waals surface area (Å²) < 4.78 is 0. The summed E-state index contributed by atoms with van der Waals surface area (Å²) in [6.07, 6.45) is 8.15. The Morgan fingerprint density at radius 3 is 0.652 bits per heavy atom. The molecule has 0 aromatic rings. The Kier molecular flexibility index (Phi) is 125. The first-order valence-corrected chi connectivity index (χ1v) is 8.09. The van der Waals surface area contributed by atoms with Gasteiger partial charge in [-0.3, -0.25) is 0 Å². The molecule has 0 bridgehead atoms. The molecule has 0 rings (SSSR count). The molecule has 7 heteroatoms. The minimum absolute atomic E-state index is 0. The number of aliphatic hydroxyl groups excluding tert-OH is 4. The van der Waals surface area contributed by atoms with E-state index >= 15 is 0 Å². The molecule has 0 saturated heterocycles. The normalized spacial score (nSPS) is 7.30. The summed E-state index contributed by atoms with van der Waals surface area (Å²) in [6.45, 7) is 9.58. The van der Waals surface area contributed by atoms with Gasteiger partial charge in [0.15, 0.2) is 0 Å². The van der Waals surface area contributed by atoms with E-state index in [2.05, 4.69) is 27.7 Å². The topological polar surface area (TPSA) is 80.9 Å². The molecule has 0 saturated carbocycles. The summed E-state index contributed by atoms with van der Waals surface area (Å²) >= 11 is 0. The fourth-order valence-electron chi connectivity index (χ4n) is 0.632. The third-order valence-corrected chi connectivity index (χ3v) is 2.05. The van der Waals surface area contributed by atoms with Crippen LogP contribution in [-0.2, 0) is 21.7 Å². The zero-order valence-electron chi connectivity index (χ0n) is 17.9. The van der Waals surface area contributed by atoms with Crippen LogP contribution < -0.4 is 0 Å². The van der Waals surface area contributed by atoms with Crippen LogP contribution in [0.5, 0.6) is 0 Å². The maximum atomic E-state index is 8.07. The van der Waals surface area contributed by atoms with Gasteiger partial charge in [-0.15, -0.1) is 12.4 Å². The van der Waals surface area contributed by atoms with Crippen molar-refractivity contribution in [3.63, 3.8) is 0 Å². The van der Waals surface area contributed by atoms with Crippen LogP contribution in [0.15, 0.2) is 0 Å². The maximum absolute atomic E-state index is 8.07. The summed E-state index contributed by atoms with van der Waals surface area (Å²) in [7, 11) is 0. The molecule has 0 aliphatic carbocycles. The molecule has 0 aromatic carbocycles. The Morgan fingerprint density at radius 1 is 0.522 bits per heavy atom.